The maximum atomic E-state index is 5.65. The molecule has 4 unspecified atom stereocenters. The average Bonchev–Trinajstić information content (AvgIpc) is 3.14. The minimum absolute atomic E-state index is 0.396. The quantitative estimate of drug-likeness (QED) is 0.542. The molecule has 0 radical (unpaired) electrons. The summed E-state index contributed by atoms with van der Waals surface area (Å²) in [6.07, 6.45) is 5.64. The minimum Gasteiger partial charge on any atom is -0.377 e. The fourth-order valence-corrected chi connectivity index (χ4v) is 6.16. The molecule has 4 nitrogen and oxygen atoms in total. The molecule has 17 heavy (non-hydrogen) atoms. The van der Waals surface area contributed by atoms with E-state index in [0.29, 0.717) is 23.7 Å². The van der Waals surface area contributed by atoms with Gasteiger partial charge < -0.3 is 18.0 Å². The highest BCUT2D eigenvalue weighted by molar-refractivity contribution is 6.62. The van der Waals surface area contributed by atoms with Gasteiger partial charge in [0, 0.05) is 26.9 Å². The third kappa shape index (κ3) is 2.44. The Morgan fingerprint density at radius 1 is 1.12 bits per heavy atom. The Bertz CT molecular complexity index is 249. The number of rotatable bonds is 6. The van der Waals surface area contributed by atoms with Crippen LogP contribution in [0.4, 0.5) is 0 Å². The molecule has 1 saturated heterocycles. The van der Waals surface area contributed by atoms with Crippen molar-refractivity contribution < 1.29 is 18.0 Å². The Kier molecular flexibility index (Phi) is 4.25. The molecule has 0 bridgehead atoms. The highest BCUT2D eigenvalue weighted by Gasteiger charge is 2.54. The van der Waals surface area contributed by atoms with Gasteiger partial charge in [-0.3, -0.25) is 0 Å². The number of fused-ring (bicyclic) bond motifs is 1. The third-order valence-corrected chi connectivity index (χ3v) is 7.86. The van der Waals surface area contributed by atoms with Gasteiger partial charge in [-0.1, -0.05) is 6.92 Å². The zero-order valence-corrected chi connectivity index (χ0v) is 12.3. The van der Waals surface area contributed by atoms with Crippen LogP contribution in [0, 0.1) is 5.92 Å². The predicted octanol–water partition coefficient (Wildman–Crippen LogP) is 2.21. The van der Waals surface area contributed by atoms with Gasteiger partial charge in [-0.25, -0.2) is 0 Å². The fourth-order valence-electron chi connectivity index (χ4n) is 3.38. The number of ether oxygens (including phenoxy) is 1. The number of hydrogen-bond acceptors (Lipinski definition) is 4. The highest BCUT2D eigenvalue weighted by Crippen LogP contribution is 2.48. The van der Waals surface area contributed by atoms with E-state index < -0.39 is 8.80 Å². The molecule has 0 amide bonds. The van der Waals surface area contributed by atoms with Crippen molar-refractivity contribution in [2.24, 2.45) is 5.92 Å². The molecule has 0 spiro atoms. The summed E-state index contributed by atoms with van der Waals surface area (Å²) >= 11 is 0. The summed E-state index contributed by atoms with van der Waals surface area (Å²) in [4.78, 5) is 0. The Hall–Kier alpha value is 0.0569. The molecule has 1 heterocycles. The second-order valence-electron chi connectivity index (χ2n) is 5.02. The first-order valence-electron chi connectivity index (χ1n) is 6.51. The Labute approximate surface area is 105 Å². The zero-order valence-electron chi connectivity index (χ0n) is 11.3. The van der Waals surface area contributed by atoms with Crippen LogP contribution in [0.15, 0.2) is 0 Å². The van der Waals surface area contributed by atoms with Crippen LogP contribution in [-0.4, -0.2) is 42.3 Å². The molecule has 0 N–H and O–H groups in total. The molecule has 0 aromatic heterocycles. The maximum Gasteiger partial charge on any atom is 0.503 e. The summed E-state index contributed by atoms with van der Waals surface area (Å²) in [6.45, 7) is 2.20. The SMILES string of the molecule is CCC(C1CCC2OC2C1)[Si](OC)(OC)OC. The van der Waals surface area contributed by atoms with Gasteiger partial charge in [0.2, 0.25) is 0 Å². The van der Waals surface area contributed by atoms with Crippen molar-refractivity contribution in [3.8, 4) is 0 Å². The van der Waals surface area contributed by atoms with Crippen molar-refractivity contribution in [1.82, 2.24) is 0 Å². The normalized spacial score (nSPS) is 34.2. The second-order valence-corrected chi connectivity index (χ2v) is 8.19. The Morgan fingerprint density at radius 2 is 1.76 bits per heavy atom. The Morgan fingerprint density at radius 3 is 2.24 bits per heavy atom. The van der Waals surface area contributed by atoms with E-state index in [4.69, 9.17) is 18.0 Å². The molecule has 2 rings (SSSR count). The van der Waals surface area contributed by atoms with Crippen molar-refractivity contribution in [3.63, 3.8) is 0 Å². The van der Waals surface area contributed by atoms with Gasteiger partial charge in [0.1, 0.15) is 0 Å². The summed E-state index contributed by atoms with van der Waals surface area (Å²) in [6, 6.07) is 0. The van der Waals surface area contributed by atoms with E-state index in [-0.39, 0.29) is 0 Å². The summed E-state index contributed by atoms with van der Waals surface area (Å²) in [5, 5.41) is 0. The lowest BCUT2D eigenvalue weighted by molar-refractivity contribution is 0.0960. The lowest BCUT2D eigenvalue weighted by Crippen LogP contribution is -2.50. The maximum absolute atomic E-state index is 5.65. The van der Waals surface area contributed by atoms with Crippen LogP contribution < -0.4 is 0 Å². The van der Waals surface area contributed by atoms with Gasteiger partial charge in [0.15, 0.2) is 0 Å². The molecule has 0 aromatic rings. The van der Waals surface area contributed by atoms with Crippen molar-refractivity contribution in [3.05, 3.63) is 0 Å². The molecule has 0 aromatic carbocycles. The van der Waals surface area contributed by atoms with E-state index in [2.05, 4.69) is 6.92 Å². The molecular formula is C12H24O4Si. The summed E-state index contributed by atoms with van der Waals surface area (Å²) in [7, 11) is 2.63. The van der Waals surface area contributed by atoms with E-state index in [1.807, 2.05) is 0 Å². The second kappa shape index (κ2) is 5.36. The molecule has 1 aliphatic heterocycles. The van der Waals surface area contributed by atoms with Crippen LogP contribution in [-0.2, 0) is 18.0 Å². The van der Waals surface area contributed by atoms with E-state index >= 15 is 0 Å². The average molecular weight is 260 g/mol. The smallest absolute Gasteiger partial charge is 0.377 e. The first-order chi connectivity index (χ1) is 8.20. The van der Waals surface area contributed by atoms with Crippen LogP contribution in [0.2, 0.25) is 5.54 Å². The first kappa shape index (κ1) is 13.5. The molecule has 2 aliphatic rings. The lowest BCUT2D eigenvalue weighted by atomic mass is 9.86. The monoisotopic (exact) mass is 260 g/mol. The Balaban J connectivity index is 2.07. The van der Waals surface area contributed by atoms with Gasteiger partial charge >= 0.3 is 8.80 Å². The molecule has 100 valence electrons. The molecule has 2 fully saturated rings. The minimum atomic E-state index is -2.50. The topological polar surface area (TPSA) is 40.2 Å². The fraction of sp³-hybridized carbons (Fsp3) is 1.00. The van der Waals surface area contributed by atoms with Crippen molar-refractivity contribution >= 4 is 8.80 Å². The van der Waals surface area contributed by atoms with E-state index in [9.17, 15) is 0 Å². The number of epoxide rings is 1. The van der Waals surface area contributed by atoms with E-state index in [0.717, 1.165) is 12.8 Å². The van der Waals surface area contributed by atoms with Gasteiger partial charge in [-0.15, -0.1) is 0 Å². The number of hydrogen-bond donors (Lipinski definition) is 0. The lowest BCUT2D eigenvalue weighted by Gasteiger charge is -2.37. The summed E-state index contributed by atoms with van der Waals surface area (Å²) in [5.41, 5.74) is 0.396. The molecule has 5 heteroatoms. The zero-order chi connectivity index (χ0) is 12.5. The molecule has 1 aliphatic carbocycles. The van der Waals surface area contributed by atoms with Crippen molar-refractivity contribution in [2.75, 3.05) is 21.3 Å². The van der Waals surface area contributed by atoms with Gasteiger partial charge in [-0.05, 0) is 31.6 Å². The van der Waals surface area contributed by atoms with Crippen LogP contribution >= 0.6 is 0 Å². The molecule has 4 atom stereocenters. The largest absolute Gasteiger partial charge is 0.503 e. The van der Waals surface area contributed by atoms with E-state index in [1.165, 1.54) is 12.8 Å². The van der Waals surface area contributed by atoms with Gasteiger partial charge in [0.25, 0.3) is 0 Å². The summed E-state index contributed by atoms with van der Waals surface area (Å²) in [5.74, 6) is 0.621. The molecule has 1 saturated carbocycles. The van der Waals surface area contributed by atoms with Crippen LogP contribution in [0.25, 0.3) is 0 Å². The van der Waals surface area contributed by atoms with Crippen LogP contribution in [0.5, 0.6) is 0 Å². The third-order valence-electron chi connectivity index (χ3n) is 4.36. The van der Waals surface area contributed by atoms with Crippen molar-refractivity contribution in [1.29, 1.82) is 0 Å². The van der Waals surface area contributed by atoms with Crippen LogP contribution in [0.1, 0.15) is 32.6 Å². The van der Waals surface area contributed by atoms with Gasteiger partial charge in [-0.2, -0.15) is 0 Å². The standard InChI is InChI=1S/C12H24O4Si/c1-5-12(17(13-2,14-3)15-4)9-6-7-10-11(8-9)16-10/h9-12H,5-8H2,1-4H3. The van der Waals surface area contributed by atoms with Crippen LogP contribution in [0.3, 0.4) is 0 Å². The highest BCUT2D eigenvalue weighted by atomic mass is 28.4. The van der Waals surface area contributed by atoms with E-state index in [1.54, 1.807) is 21.3 Å². The predicted molar refractivity (Wildman–Crippen MR) is 66.8 cm³/mol. The van der Waals surface area contributed by atoms with Gasteiger partial charge in [0.05, 0.1) is 12.2 Å². The first-order valence-corrected chi connectivity index (χ1v) is 8.31. The summed E-state index contributed by atoms with van der Waals surface area (Å²) < 4.78 is 22.5. The van der Waals surface area contributed by atoms with Crippen molar-refractivity contribution in [2.45, 2.75) is 50.4 Å². The molecular weight excluding hydrogens is 236 g/mol.